The zero-order chi connectivity index (χ0) is 23.8. The van der Waals surface area contributed by atoms with Crippen LogP contribution in [-0.2, 0) is 16.0 Å². The SMILES string of the molecule is CC=CS(=O)(=O)c1ccc(-c2cccc(-c3ccnc4c(C(F)(F)F)cccc34)c2)cc1Cl. The van der Waals surface area contributed by atoms with Crippen molar-refractivity contribution in [2.45, 2.75) is 18.0 Å². The van der Waals surface area contributed by atoms with Gasteiger partial charge in [0.2, 0.25) is 9.84 Å². The van der Waals surface area contributed by atoms with E-state index in [9.17, 15) is 21.6 Å². The summed E-state index contributed by atoms with van der Waals surface area (Å²) in [5, 5.41) is 1.55. The molecule has 4 aromatic rings. The molecule has 0 unspecified atom stereocenters. The highest BCUT2D eigenvalue weighted by Crippen LogP contribution is 2.38. The van der Waals surface area contributed by atoms with E-state index in [1.807, 2.05) is 12.1 Å². The number of nitrogens with zero attached hydrogens (tertiary/aromatic N) is 1. The second kappa shape index (κ2) is 8.65. The molecule has 168 valence electrons. The second-order valence-electron chi connectivity index (χ2n) is 7.30. The van der Waals surface area contributed by atoms with Crippen LogP contribution in [0.1, 0.15) is 12.5 Å². The number of para-hydroxylation sites is 1. The Kier molecular flexibility index (Phi) is 6.03. The van der Waals surface area contributed by atoms with E-state index in [4.69, 9.17) is 11.6 Å². The van der Waals surface area contributed by atoms with Crippen LogP contribution in [0, 0.1) is 0 Å². The van der Waals surface area contributed by atoms with Crippen molar-refractivity contribution in [3.63, 3.8) is 0 Å². The first-order valence-corrected chi connectivity index (χ1v) is 11.8. The summed E-state index contributed by atoms with van der Waals surface area (Å²) >= 11 is 6.27. The molecule has 0 fully saturated rings. The molecule has 0 spiro atoms. The highest BCUT2D eigenvalue weighted by Gasteiger charge is 2.33. The lowest BCUT2D eigenvalue weighted by Crippen LogP contribution is -2.06. The molecule has 0 saturated carbocycles. The normalized spacial score (nSPS) is 12.5. The molecular weight excluding hydrogens is 471 g/mol. The number of rotatable bonds is 4. The van der Waals surface area contributed by atoms with Crippen molar-refractivity contribution in [2.75, 3.05) is 0 Å². The van der Waals surface area contributed by atoms with Gasteiger partial charge in [0.1, 0.15) is 0 Å². The van der Waals surface area contributed by atoms with E-state index >= 15 is 0 Å². The Morgan fingerprint density at radius 3 is 2.30 bits per heavy atom. The van der Waals surface area contributed by atoms with Gasteiger partial charge in [-0.2, -0.15) is 13.2 Å². The fourth-order valence-corrected chi connectivity index (χ4v) is 5.28. The van der Waals surface area contributed by atoms with Crippen LogP contribution in [0.5, 0.6) is 0 Å². The third-order valence-corrected chi connectivity index (χ3v) is 7.16. The van der Waals surface area contributed by atoms with E-state index < -0.39 is 21.6 Å². The maximum atomic E-state index is 13.4. The molecule has 3 nitrogen and oxygen atoms in total. The number of pyridine rings is 1. The van der Waals surface area contributed by atoms with Crippen LogP contribution < -0.4 is 0 Å². The van der Waals surface area contributed by atoms with E-state index in [0.29, 0.717) is 22.1 Å². The summed E-state index contributed by atoms with van der Waals surface area (Å²) in [6.45, 7) is 1.60. The topological polar surface area (TPSA) is 47.0 Å². The van der Waals surface area contributed by atoms with Crippen molar-refractivity contribution in [3.8, 4) is 22.3 Å². The van der Waals surface area contributed by atoms with Gasteiger partial charge in [-0.3, -0.25) is 4.98 Å². The molecule has 0 aliphatic carbocycles. The number of halogens is 4. The average Bonchev–Trinajstić information content (AvgIpc) is 2.77. The predicted molar refractivity (Wildman–Crippen MR) is 125 cm³/mol. The van der Waals surface area contributed by atoms with Crippen molar-refractivity contribution >= 4 is 32.3 Å². The molecule has 0 aliphatic rings. The molecule has 3 aromatic carbocycles. The summed E-state index contributed by atoms with van der Waals surface area (Å²) in [6.07, 6.45) is -1.73. The van der Waals surface area contributed by atoms with Gasteiger partial charge >= 0.3 is 6.18 Å². The number of sulfone groups is 1. The Morgan fingerprint density at radius 2 is 1.61 bits per heavy atom. The molecule has 0 aliphatic heterocycles. The standard InChI is InChI=1S/C25H17ClF3NO2S/c1-2-13-33(31,32)23-10-9-17(15-22(23)26)16-5-3-6-18(14-16)19-11-12-30-24-20(19)7-4-8-21(24)25(27,28)29/h2-15H,1H3. The zero-order valence-corrected chi connectivity index (χ0v) is 18.8. The van der Waals surface area contributed by atoms with Gasteiger partial charge in [-0.05, 0) is 59.5 Å². The predicted octanol–water partition coefficient (Wildman–Crippen LogP) is 7.55. The number of hydrogen-bond donors (Lipinski definition) is 0. The molecular formula is C25H17ClF3NO2S. The maximum Gasteiger partial charge on any atom is 0.418 e. The minimum atomic E-state index is -4.52. The van der Waals surface area contributed by atoms with Crippen LogP contribution >= 0.6 is 11.6 Å². The molecule has 0 radical (unpaired) electrons. The Morgan fingerprint density at radius 1 is 0.909 bits per heavy atom. The number of alkyl halides is 3. The van der Waals surface area contributed by atoms with Gasteiger partial charge in [0, 0.05) is 17.0 Å². The Hall–Kier alpha value is -3.16. The lowest BCUT2D eigenvalue weighted by Gasteiger charge is -2.13. The maximum absolute atomic E-state index is 13.4. The van der Waals surface area contributed by atoms with Crippen LogP contribution in [-0.4, -0.2) is 13.4 Å². The number of fused-ring (bicyclic) bond motifs is 1. The lowest BCUT2D eigenvalue weighted by molar-refractivity contribution is -0.136. The van der Waals surface area contributed by atoms with Gasteiger partial charge < -0.3 is 0 Å². The lowest BCUT2D eigenvalue weighted by atomic mass is 9.96. The molecule has 0 atom stereocenters. The van der Waals surface area contributed by atoms with E-state index in [1.54, 1.807) is 43.3 Å². The highest BCUT2D eigenvalue weighted by atomic mass is 35.5. The van der Waals surface area contributed by atoms with E-state index in [0.717, 1.165) is 17.0 Å². The molecule has 4 rings (SSSR count). The molecule has 0 N–H and O–H groups in total. The van der Waals surface area contributed by atoms with Crippen molar-refractivity contribution in [1.29, 1.82) is 0 Å². The first-order chi connectivity index (χ1) is 15.6. The van der Waals surface area contributed by atoms with Crippen molar-refractivity contribution in [1.82, 2.24) is 4.98 Å². The fourth-order valence-electron chi connectivity index (χ4n) is 3.69. The number of aromatic nitrogens is 1. The summed E-state index contributed by atoms with van der Waals surface area (Å²) in [4.78, 5) is 3.98. The summed E-state index contributed by atoms with van der Waals surface area (Å²) in [5.74, 6) is 0. The van der Waals surface area contributed by atoms with Crippen LogP contribution in [0.4, 0.5) is 13.2 Å². The summed E-state index contributed by atoms with van der Waals surface area (Å²) in [6, 6.07) is 17.5. The summed E-state index contributed by atoms with van der Waals surface area (Å²) < 4.78 is 64.9. The number of hydrogen-bond acceptors (Lipinski definition) is 3. The largest absolute Gasteiger partial charge is 0.418 e. The molecule has 0 saturated heterocycles. The van der Waals surface area contributed by atoms with Gasteiger partial charge in [0.25, 0.3) is 0 Å². The fraction of sp³-hybridized carbons (Fsp3) is 0.0800. The van der Waals surface area contributed by atoms with Crippen LogP contribution in [0.15, 0.2) is 89.3 Å². The van der Waals surface area contributed by atoms with Gasteiger partial charge in [-0.1, -0.05) is 54.1 Å². The molecule has 0 bridgehead atoms. The zero-order valence-electron chi connectivity index (χ0n) is 17.3. The van der Waals surface area contributed by atoms with Crippen molar-refractivity contribution in [3.05, 3.63) is 95.0 Å². The smallest absolute Gasteiger partial charge is 0.256 e. The van der Waals surface area contributed by atoms with Crippen molar-refractivity contribution in [2.24, 2.45) is 0 Å². The quantitative estimate of drug-likeness (QED) is 0.298. The summed E-state index contributed by atoms with van der Waals surface area (Å²) in [5.41, 5.74) is 1.81. The minimum Gasteiger partial charge on any atom is -0.256 e. The van der Waals surface area contributed by atoms with Crippen LogP contribution in [0.2, 0.25) is 5.02 Å². The van der Waals surface area contributed by atoms with Gasteiger partial charge in [0.05, 0.1) is 21.0 Å². The molecule has 33 heavy (non-hydrogen) atoms. The third kappa shape index (κ3) is 4.51. The molecule has 8 heteroatoms. The number of benzene rings is 3. The van der Waals surface area contributed by atoms with Gasteiger partial charge in [0.15, 0.2) is 0 Å². The summed E-state index contributed by atoms with van der Waals surface area (Å²) in [7, 11) is -3.64. The molecule has 1 heterocycles. The molecule has 0 amide bonds. The van der Waals surface area contributed by atoms with E-state index in [1.165, 1.54) is 24.4 Å². The molecule has 1 aromatic heterocycles. The third-order valence-electron chi connectivity index (χ3n) is 5.14. The average molecular weight is 488 g/mol. The van der Waals surface area contributed by atoms with Crippen LogP contribution in [0.25, 0.3) is 33.2 Å². The van der Waals surface area contributed by atoms with Crippen molar-refractivity contribution < 1.29 is 21.6 Å². The van der Waals surface area contributed by atoms with Crippen LogP contribution in [0.3, 0.4) is 0 Å². The van der Waals surface area contributed by atoms with E-state index in [2.05, 4.69) is 4.98 Å². The van der Waals surface area contributed by atoms with E-state index in [-0.39, 0.29) is 15.4 Å². The Balaban J connectivity index is 1.82. The second-order valence-corrected chi connectivity index (χ2v) is 9.51. The highest BCUT2D eigenvalue weighted by molar-refractivity contribution is 7.94. The first-order valence-electron chi connectivity index (χ1n) is 9.85. The monoisotopic (exact) mass is 487 g/mol. The number of allylic oxidation sites excluding steroid dienone is 1. The minimum absolute atomic E-state index is 0.00183. The first kappa shape index (κ1) is 23.0. The van der Waals surface area contributed by atoms with Gasteiger partial charge in [-0.25, -0.2) is 8.42 Å². The Labute approximate surface area is 194 Å². The van der Waals surface area contributed by atoms with Gasteiger partial charge in [-0.15, -0.1) is 0 Å². The Bertz CT molecular complexity index is 1500.